The Labute approximate surface area is 121 Å². The van der Waals surface area contributed by atoms with Crippen LogP contribution in [0.2, 0.25) is 0 Å². The molecule has 9 nitrogen and oxygen atoms in total. The molecule has 0 amide bonds. The van der Waals surface area contributed by atoms with Gasteiger partial charge in [0, 0.05) is 6.42 Å². The zero-order valence-electron chi connectivity index (χ0n) is 11.5. The second-order valence-electron chi connectivity index (χ2n) is 5.41. The minimum atomic E-state index is -1.64. The fourth-order valence-corrected chi connectivity index (χ4v) is 2.45. The van der Waals surface area contributed by atoms with E-state index in [1.165, 1.54) is 0 Å². The van der Waals surface area contributed by atoms with Crippen LogP contribution in [0.5, 0.6) is 0 Å². The Hall–Kier alpha value is -0.360. The molecule has 2 saturated heterocycles. The third-order valence-corrected chi connectivity index (χ3v) is 3.82. The summed E-state index contributed by atoms with van der Waals surface area (Å²) in [6.45, 7) is 1.02. The monoisotopic (exact) mass is 310 g/mol. The summed E-state index contributed by atoms with van der Waals surface area (Å²) in [7, 11) is 0. The Kier molecular flexibility index (Phi) is 5.52. The Morgan fingerprint density at radius 2 is 1.67 bits per heavy atom. The van der Waals surface area contributed by atoms with Crippen molar-refractivity contribution in [3.8, 4) is 0 Å². The summed E-state index contributed by atoms with van der Waals surface area (Å²) < 4.78 is 15.5. The lowest BCUT2D eigenvalue weighted by molar-refractivity contribution is -0.341. The second kappa shape index (κ2) is 6.82. The molecule has 2 aliphatic rings. The molecule has 2 rings (SSSR count). The number of hydrogen-bond donors (Lipinski definition) is 6. The molecule has 2 fully saturated rings. The number of rotatable bonds is 3. The van der Waals surface area contributed by atoms with Crippen molar-refractivity contribution in [3.05, 3.63) is 0 Å². The molecular weight excluding hydrogens is 288 g/mol. The standard InChI is InChI=1S/C12H22O9/c1-4-5(14)2-6(15)12(19-4)21-10-8(16)7(3-13)20-11(18)9(10)17/h4-18H,2-3H2,1H3/t4-,5+,6+,7-,8+,9-,10+,11-,12+/m1/s1. The summed E-state index contributed by atoms with van der Waals surface area (Å²) in [4.78, 5) is 0. The van der Waals surface area contributed by atoms with Crippen molar-refractivity contribution >= 4 is 0 Å². The van der Waals surface area contributed by atoms with Crippen molar-refractivity contribution < 1.29 is 44.8 Å². The van der Waals surface area contributed by atoms with Gasteiger partial charge in [-0.2, -0.15) is 0 Å². The molecule has 6 N–H and O–H groups in total. The quantitative estimate of drug-likeness (QED) is 0.314. The summed E-state index contributed by atoms with van der Waals surface area (Å²) >= 11 is 0. The highest BCUT2D eigenvalue weighted by Crippen LogP contribution is 2.27. The van der Waals surface area contributed by atoms with E-state index in [0.29, 0.717) is 0 Å². The predicted molar refractivity (Wildman–Crippen MR) is 65.8 cm³/mol. The first-order chi connectivity index (χ1) is 9.85. The number of ether oxygens (including phenoxy) is 3. The van der Waals surface area contributed by atoms with Gasteiger partial charge in [-0.05, 0) is 6.92 Å². The third kappa shape index (κ3) is 3.52. The lowest BCUT2D eigenvalue weighted by atomic mass is 9.98. The van der Waals surface area contributed by atoms with Gasteiger partial charge in [0.1, 0.15) is 30.5 Å². The van der Waals surface area contributed by atoms with E-state index in [1.807, 2.05) is 0 Å². The smallest absolute Gasteiger partial charge is 0.184 e. The first-order valence-electron chi connectivity index (χ1n) is 6.82. The van der Waals surface area contributed by atoms with E-state index in [4.69, 9.17) is 19.3 Å². The molecule has 0 aromatic carbocycles. The lowest BCUT2D eigenvalue weighted by Crippen LogP contribution is -2.61. The molecule has 0 aromatic heterocycles. The van der Waals surface area contributed by atoms with Gasteiger partial charge in [-0.1, -0.05) is 0 Å². The van der Waals surface area contributed by atoms with Gasteiger partial charge in [-0.25, -0.2) is 0 Å². The molecule has 9 heteroatoms. The zero-order valence-corrected chi connectivity index (χ0v) is 11.5. The Morgan fingerprint density at radius 1 is 1.00 bits per heavy atom. The van der Waals surface area contributed by atoms with Gasteiger partial charge in [-0.3, -0.25) is 0 Å². The van der Waals surface area contributed by atoms with Crippen LogP contribution >= 0.6 is 0 Å². The molecule has 0 radical (unpaired) electrons. The Bertz CT molecular complexity index is 341. The van der Waals surface area contributed by atoms with Gasteiger partial charge in [0.15, 0.2) is 12.6 Å². The molecule has 0 saturated carbocycles. The van der Waals surface area contributed by atoms with Crippen LogP contribution in [0, 0.1) is 0 Å². The second-order valence-corrected chi connectivity index (χ2v) is 5.41. The van der Waals surface area contributed by atoms with Crippen LogP contribution in [-0.2, 0) is 14.2 Å². The van der Waals surface area contributed by atoms with E-state index in [0.717, 1.165) is 0 Å². The van der Waals surface area contributed by atoms with Gasteiger partial charge in [0.05, 0.1) is 18.8 Å². The largest absolute Gasteiger partial charge is 0.394 e. The van der Waals surface area contributed by atoms with Gasteiger partial charge in [0.25, 0.3) is 0 Å². The Balaban J connectivity index is 2.05. The van der Waals surface area contributed by atoms with Crippen LogP contribution in [0.25, 0.3) is 0 Å². The van der Waals surface area contributed by atoms with E-state index in [-0.39, 0.29) is 6.42 Å². The molecule has 0 unspecified atom stereocenters. The van der Waals surface area contributed by atoms with Crippen molar-refractivity contribution in [2.24, 2.45) is 0 Å². The fourth-order valence-electron chi connectivity index (χ4n) is 2.45. The molecule has 124 valence electrons. The highest BCUT2D eigenvalue weighted by molar-refractivity contribution is 4.91. The van der Waals surface area contributed by atoms with E-state index in [9.17, 15) is 25.5 Å². The van der Waals surface area contributed by atoms with E-state index < -0.39 is 61.9 Å². The fraction of sp³-hybridized carbons (Fsp3) is 1.00. The number of aliphatic hydroxyl groups is 6. The highest BCUT2D eigenvalue weighted by Gasteiger charge is 2.47. The minimum absolute atomic E-state index is 0.0211. The molecule has 0 bridgehead atoms. The molecule has 21 heavy (non-hydrogen) atoms. The van der Waals surface area contributed by atoms with Crippen LogP contribution < -0.4 is 0 Å². The van der Waals surface area contributed by atoms with E-state index in [1.54, 1.807) is 6.92 Å². The topological polar surface area (TPSA) is 149 Å². The number of hydrogen-bond acceptors (Lipinski definition) is 9. The summed E-state index contributed by atoms with van der Waals surface area (Å²) in [5, 5.41) is 57.8. The van der Waals surface area contributed by atoms with Crippen LogP contribution in [0.4, 0.5) is 0 Å². The summed E-state index contributed by atoms with van der Waals surface area (Å²) in [6, 6.07) is 0. The zero-order chi connectivity index (χ0) is 15.7. The minimum Gasteiger partial charge on any atom is -0.394 e. The summed E-state index contributed by atoms with van der Waals surface area (Å²) in [5.41, 5.74) is 0. The predicted octanol–water partition coefficient (Wildman–Crippen LogP) is -3.34. The van der Waals surface area contributed by atoms with Crippen molar-refractivity contribution in [2.75, 3.05) is 6.61 Å². The molecule has 2 aliphatic heterocycles. The molecule has 0 aromatic rings. The molecule has 9 atom stereocenters. The molecule has 0 aliphatic carbocycles. The maximum atomic E-state index is 9.98. The summed E-state index contributed by atoms with van der Waals surface area (Å²) in [5.74, 6) is 0. The maximum absolute atomic E-state index is 9.98. The summed E-state index contributed by atoms with van der Waals surface area (Å²) in [6.07, 6.45) is -10.8. The van der Waals surface area contributed by atoms with Gasteiger partial charge < -0.3 is 44.8 Å². The van der Waals surface area contributed by atoms with Crippen LogP contribution in [-0.4, -0.2) is 92.6 Å². The average molecular weight is 310 g/mol. The molecular formula is C12H22O9. The van der Waals surface area contributed by atoms with Crippen molar-refractivity contribution in [1.82, 2.24) is 0 Å². The van der Waals surface area contributed by atoms with E-state index >= 15 is 0 Å². The average Bonchev–Trinajstić information content (AvgIpc) is 2.44. The normalized spacial score (nSPS) is 51.9. The van der Waals surface area contributed by atoms with Crippen LogP contribution in [0.15, 0.2) is 0 Å². The first kappa shape index (κ1) is 17.0. The van der Waals surface area contributed by atoms with Crippen LogP contribution in [0.3, 0.4) is 0 Å². The first-order valence-corrected chi connectivity index (χ1v) is 6.82. The van der Waals surface area contributed by atoms with Crippen molar-refractivity contribution in [1.29, 1.82) is 0 Å². The SMILES string of the molecule is C[C@H]1O[C@@H](O[C@@H]2[C@@H](O)[C@H](O)O[C@H](CO)[C@@H]2O)[C@@H](O)C[C@@H]1O. The van der Waals surface area contributed by atoms with Gasteiger partial charge in [0.2, 0.25) is 0 Å². The third-order valence-electron chi connectivity index (χ3n) is 3.82. The van der Waals surface area contributed by atoms with Crippen LogP contribution in [0.1, 0.15) is 13.3 Å². The maximum Gasteiger partial charge on any atom is 0.184 e. The van der Waals surface area contributed by atoms with Gasteiger partial charge in [-0.15, -0.1) is 0 Å². The Morgan fingerprint density at radius 3 is 2.29 bits per heavy atom. The van der Waals surface area contributed by atoms with Gasteiger partial charge >= 0.3 is 0 Å². The van der Waals surface area contributed by atoms with Crippen molar-refractivity contribution in [3.63, 3.8) is 0 Å². The molecule has 0 spiro atoms. The number of aliphatic hydroxyl groups excluding tert-OH is 6. The lowest BCUT2D eigenvalue weighted by Gasteiger charge is -2.43. The van der Waals surface area contributed by atoms with Crippen molar-refractivity contribution in [2.45, 2.75) is 68.7 Å². The highest BCUT2D eigenvalue weighted by atomic mass is 16.7. The molecule has 2 heterocycles. The van der Waals surface area contributed by atoms with E-state index in [2.05, 4.69) is 0 Å².